The molecule has 0 amide bonds. The Morgan fingerprint density at radius 3 is 2.88 bits per heavy atom. The Hall–Kier alpha value is -2.40. The summed E-state index contributed by atoms with van der Waals surface area (Å²) in [6.07, 6.45) is 2.85. The third-order valence-corrected chi connectivity index (χ3v) is 4.59. The van der Waals surface area contributed by atoms with E-state index in [4.69, 9.17) is 14.2 Å². The van der Waals surface area contributed by atoms with Crippen LogP contribution in [-0.2, 0) is 23.7 Å². The lowest BCUT2D eigenvalue weighted by atomic mass is 10.2. The van der Waals surface area contributed by atoms with Gasteiger partial charge in [0.1, 0.15) is 36.1 Å². The molecular formula is C15H18N4O6S. The molecule has 0 saturated carbocycles. The maximum Gasteiger partial charge on any atom is 0.508 e. The first kappa shape index (κ1) is 18.4. The minimum Gasteiger partial charge on any atom is -0.458 e. The topological polar surface area (TPSA) is 115 Å². The van der Waals surface area contributed by atoms with E-state index in [1.807, 2.05) is 6.26 Å². The molecule has 3 aliphatic heterocycles. The maximum absolute atomic E-state index is 11.5. The van der Waals surface area contributed by atoms with Crippen molar-refractivity contribution < 1.29 is 28.5 Å². The van der Waals surface area contributed by atoms with Crippen molar-refractivity contribution in [1.29, 1.82) is 0 Å². The molecule has 1 saturated heterocycles. The fraction of sp³-hybridized carbons (Fsp3) is 0.533. The number of fused-ring (bicyclic) bond motifs is 1. The van der Waals surface area contributed by atoms with Gasteiger partial charge in [0.15, 0.2) is 12.1 Å². The second kappa shape index (κ2) is 7.87. The second-order valence-electron chi connectivity index (χ2n) is 5.50. The summed E-state index contributed by atoms with van der Waals surface area (Å²) in [5, 5.41) is 0.782. The Morgan fingerprint density at radius 2 is 2.19 bits per heavy atom. The van der Waals surface area contributed by atoms with Crippen molar-refractivity contribution in [3.8, 4) is 11.5 Å². The van der Waals surface area contributed by atoms with Gasteiger partial charge in [-0.1, -0.05) is 0 Å². The summed E-state index contributed by atoms with van der Waals surface area (Å²) in [6, 6.07) is 0. The van der Waals surface area contributed by atoms with Gasteiger partial charge in [0.05, 0.1) is 13.2 Å². The molecule has 0 N–H and O–H groups in total. The molecule has 3 aliphatic rings. The smallest absolute Gasteiger partial charge is 0.458 e. The van der Waals surface area contributed by atoms with Gasteiger partial charge in [-0.3, -0.25) is 9.36 Å². The van der Waals surface area contributed by atoms with Crippen LogP contribution in [0.1, 0.15) is 19.6 Å². The van der Waals surface area contributed by atoms with Crippen LogP contribution < -0.4 is 0 Å². The third kappa shape index (κ3) is 3.73. The predicted octanol–water partition coefficient (Wildman–Crippen LogP) is 1.50. The third-order valence-electron chi connectivity index (χ3n) is 3.80. The van der Waals surface area contributed by atoms with E-state index in [2.05, 4.69) is 19.7 Å². The van der Waals surface area contributed by atoms with Crippen LogP contribution in [0.4, 0.5) is 4.79 Å². The zero-order valence-corrected chi connectivity index (χ0v) is 15.3. The van der Waals surface area contributed by atoms with Crippen LogP contribution in [0.2, 0.25) is 0 Å². The molecule has 11 heteroatoms. The van der Waals surface area contributed by atoms with Gasteiger partial charge in [-0.15, -0.1) is 11.8 Å². The summed E-state index contributed by atoms with van der Waals surface area (Å²) >= 11 is 1.46. The highest BCUT2D eigenvalue weighted by Crippen LogP contribution is 2.37. The predicted molar refractivity (Wildman–Crippen MR) is 88.7 cm³/mol. The highest BCUT2D eigenvalue weighted by Gasteiger charge is 2.40. The number of methoxy groups -OCH3 is 1. The molecule has 0 radical (unpaired) electrons. The minimum absolute atomic E-state index is 0.0119. The number of ether oxygens (including phenoxy) is 4. The highest BCUT2D eigenvalue weighted by molar-refractivity contribution is 7.98. The Labute approximate surface area is 153 Å². The van der Waals surface area contributed by atoms with E-state index in [0.717, 1.165) is 5.03 Å². The Bertz CT molecular complexity index is 769. The van der Waals surface area contributed by atoms with Crippen molar-refractivity contribution in [2.45, 2.75) is 36.8 Å². The fourth-order valence-electron chi connectivity index (χ4n) is 2.79. The standard InChI is InChI=1S/C15H18N4O6S/c1-8(20)24-10-4-9(5-23-15(21)22-2)25-13(10)19-7-18-12-11(14(19)26-3)16-6-17-12/h6-7,9-10,13H,4-5H2,1-3H3/t9-,10+,13+/m0/s1. The van der Waals surface area contributed by atoms with E-state index in [-0.39, 0.29) is 6.61 Å². The van der Waals surface area contributed by atoms with E-state index in [1.165, 1.54) is 32.1 Å². The monoisotopic (exact) mass is 382 g/mol. The summed E-state index contributed by atoms with van der Waals surface area (Å²) in [7, 11) is 1.23. The number of carbonyl (C=O) groups is 2. The van der Waals surface area contributed by atoms with Gasteiger partial charge in [0, 0.05) is 13.3 Å². The number of hydrogen-bond acceptors (Lipinski definition) is 10. The van der Waals surface area contributed by atoms with Crippen LogP contribution in [0.25, 0.3) is 11.5 Å². The quantitative estimate of drug-likeness (QED) is 0.428. The summed E-state index contributed by atoms with van der Waals surface area (Å²) in [6.45, 7) is 1.32. The lowest BCUT2D eigenvalue weighted by Crippen LogP contribution is -2.26. The SMILES string of the molecule is COC(=O)OC[C@@H]1C[C@@H](OC(C)=O)[C@H](n2cnc3ncnc-3c2SC)O1. The molecule has 3 rings (SSSR count). The molecule has 1 fully saturated rings. The van der Waals surface area contributed by atoms with Crippen LogP contribution in [-0.4, -0.2) is 63.8 Å². The van der Waals surface area contributed by atoms with E-state index in [0.29, 0.717) is 17.9 Å². The number of nitrogens with zero attached hydrogens (tertiary/aromatic N) is 4. The average Bonchev–Trinajstić information content (AvgIpc) is 3.24. The maximum atomic E-state index is 11.5. The van der Waals surface area contributed by atoms with Gasteiger partial charge in [0.25, 0.3) is 0 Å². The molecule has 0 spiro atoms. The van der Waals surface area contributed by atoms with Crippen LogP contribution in [0.3, 0.4) is 0 Å². The van der Waals surface area contributed by atoms with Crippen LogP contribution >= 0.6 is 11.8 Å². The summed E-state index contributed by atoms with van der Waals surface area (Å²) < 4.78 is 22.5. The Balaban J connectivity index is 1.87. The number of carbonyl (C=O) groups excluding carboxylic acids is 2. The highest BCUT2D eigenvalue weighted by atomic mass is 32.2. The number of thioether (sulfide) groups is 1. The molecule has 0 aromatic rings. The van der Waals surface area contributed by atoms with Crippen molar-refractivity contribution in [3.05, 3.63) is 12.7 Å². The normalized spacial score (nSPS) is 22.3. The van der Waals surface area contributed by atoms with Crippen molar-refractivity contribution in [2.24, 2.45) is 0 Å². The van der Waals surface area contributed by atoms with Crippen molar-refractivity contribution in [1.82, 2.24) is 19.5 Å². The summed E-state index contributed by atoms with van der Waals surface area (Å²) in [5.41, 5.74) is 0.638. The van der Waals surface area contributed by atoms with Crippen LogP contribution in [0, 0.1) is 0 Å². The number of aromatic nitrogens is 4. The summed E-state index contributed by atoms with van der Waals surface area (Å²) in [5.74, 6) is 0.102. The fourth-order valence-corrected chi connectivity index (χ4v) is 3.49. The molecule has 0 unspecified atom stereocenters. The first-order valence-corrected chi connectivity index (χ1v) is 9.01. The van der Waals surface area contributed by atoms with E-state index >= 15 is 0 Å². The molecule has 0 aromatic carbocycles. The van der Waals surface area contributed by atoms with Crippen LogP contribution in [0.15, 0.2) is 17.7 Å². The van der Waals surface area contributed by atoms with Gasteiger partial charge in [0.2, 0.25) is 0 Å². The van der Waals surface area contributed by atoms with E-state index in [1.54, 1.807) is 10.9 Å². The van der Waals surface area contributed by atoms with Crippen LogP contribution in [0.5, 0.6) is 0 Å². The zero-order valence-electron chi connectivity index (χ0n) is 14.4. The van der Waals surface area contributed by atoms with Gasteiger partial charge in [-0.2, -0.15) is 0 Å². The number of esters is 1. The summed E-state index contributed by atoms with van der Waals surface area (Å²) in [4.78, 5) is 35.3. The van der Waals surface area contributed by atoms with Crippen molar-refractivity contribution in [2.75, 3.05) is 20.0 Å². The molecule has 140 valence electrons. The van der Waals surface area contributed by atoms with E-state index < -0.39 is 30.6 Å². The largest absolute Gasteiger partial charge is 0.508 e. The number of rotatable bonds is 5. The van der Waals surface area contributed by atoms with Crippen molar-refractivity contribution in [3.63, 3.8) is 0 Å². The zero-order chi connectivity index (χ0) is 18.7. The Kier molecular flexibility index (Phi) is 5.57. The Morgan fingerprint density at radius 1 is 1.38 bits per heavy atom. The molecule has 0 aromatic heterocycles. The van der Waals surface area contributed by atoms with Gasteiger partial charge >= 0.3 is 12.1 Å². The first-order chi connectivity index (χ1) is 12.5. The minimum atomic E-state index is -0.798. The van der Waals surface area contributed by atoms with E-state index in [9.17, 15) is 9.59 Å². The molecule has 0 aliphatic carbocycles. The van der Waals surface area contributed by atoms with Gasteiger partial charge in [-0.25, -0.2) is 19.7 Å². The average molecular weight is 382 g/mol. The molecular weight excluding hydrogens is 364 g/mol. The molecule has 26 heavy (non-hydrogen) atoms. The van der Waals surface area contributed by atoms with Gasteiger partial charge in [-0.05, 0) is 6.26 Å². The molecule has 10 nitrogen and oxygen atoms in total. The first-order valence-electron chi connectivity index (χ1n) is 7.78. The molecule has 3 atom stereocenters. The number of hydrogen-bond donors (Lipinski definition) is 0. The molecule has 3 heterocycles. The van der Waals surface area contributed by atoms with Crippen molar-refractivity contribution >= 4 is 23.9 Å². The molecule has 0 bridgehead atoms. The lowest BCUT2D eigenvalue weighted by molar-refractivity contribution is -0.152. The second-order valence-corrected chi connectivity index (χ2v) is 6.30. The van der Waals surface area contributed by atoms with Gasteiger partial charge < -0.3 is 18.9 Å². The lowest BCUT2D eigenvalue weighted by Gasteiger charge is -2.24. The number of imidazole rings is 1.